The van der Waals surface area contributed by atoms with E-state index in [1.165, 1.54) is 0 Å². The van der Waals surface area contributed by atoms with Crippen molar-refractivity contribution in [3.8, 4) is 0 Å². The van der Waals surface area contributed by atoms with Crippen LogP contribution in [0.5, 0.6) is 0 Å². The summed E-state index contributed by atoms with van der Waals surface area (Å²) in [4.78, 5) is 35.5. The van der Waals surface area contributed by atoms with E-state index in [0.29, 0.717) is 12.5 Å². The molecule has 1 unspecified atom stereocenters. The van der Waals surface area contributed by atoms with Gasteiger partial charge in [0.1, 0.15) is 0 Å². The number of hydrogen-bond donors (Lipinski definition) is 3. The number of urea groups is 1. The highest BCUT2D eigenvalue weighted by molar-refractivity contribution is 5.94. The van der Waals surface area contributed by atoms with Gasteiger partial charge in [-0.2, -0.15) is 0 Å². The molecule has 1 aliphatic rings. The quantitative estimate of drug-likeness (QED) is 0.629. The van der Waals surface area contributed by atoms with Crippen molar-refractivity contribution in [2.45, 2.75) is 32.6 Å². The standard InChI is InChI=1S/C13H23N3O4/c1-2-16-7-6-10(9-16)8-14-13(20)15-11(17)4-3-5-12(18)19/h10H,2-9H2,1H3,(H,18,19)(H2,14,15,17,20). The second kappa shape index (κ2) is 8.52. The van der Waals surface area contributed by atoms with Crippen molar-refractivity contribution in [2.24, 2.45) is 5.92 Å². The highest BCUT2D eigenvalue weighted by Gasteiger charge is 2.21. The SMILES string of the molecule is CCN1CCC(CNC(=O)NC(=O)CCCC(=O)O)C1. The molecule has 0 aromatic heterocycles. The number of likely N-dealkylation sites (tertiary alicyclic amines) is 1. The minimum absolute atomic E-state index is 0.0484. The van der Waals surface area contributed by atoms with Crippen LogP contribution in [0.15, 0.2) is 0 Å². The van der Waals surface area contributed by atoms with E-state index < -0.39 is 17.9 Å². The van der Waals surface area contributed by atoms with E-state index in [-0.39, 0.29) is 19.3 Å². The van der Waals surface area contributed by atoms with E-state index in [1.54, 1.807) is 0 Å². The van der Waals surface area contributed by atoms with Gasteiger partial charge in [0.25, 0.3) is 0 Å². The van der Waals surface area contributed by atoms with Crippen LogP contribution >= 0.6 is 0 Å². The zero-order chi connectivity index (χ0) is 15.0. The van der Waals surface area contributed by atoms with Gasteiger partial charge >= 0.3 is 12.0 Å². The smallest absolute Gasteiger partial charge is 0.321 e. The molecule has 3 amide bonds. The number of aliphatic carboxylic acids is 1. The minimum Gasteiger partial charge on any atom is -0.481 e. The number of rotatable bonds is 7. The Morgan fingerprint density at radius 2 is 2.05 bits per heavy atom. The molecule has 0 saturated carbocycles. The Hall–Kier alpha value is -1.63. The van der Waals surface area contributed by atoms with Crippen molar-refractivity contribution >= 4 is 17.9 Å². The van der Waals surface area contributed by atoms with Crippen LogP contribution in [0.3, 0.4) is 0 Å². The highest BCUT2D eigenvalue weighted by Crippen LogP contribution is 2.14. The van der Waals surface area contributed by atoms with Gasteiger partial charge in [-0.3, -0.25) is 14.9 Å². The second-order valence-electron chi connectivity index (χ2n) is 5.05. The molecule has 7 heteroatoms. The largest absolute Gasteiger partial charge is 0.481 e. The first-order chi connectivity index (χ1) is 9.51. The van der Waals surface area contributed by atoms with Crippen molar-refractivity contribution in [1.82, 2.24) is 15.5 Å². The molecule has 114 valence electrons. The first-order valence-electron chi connectivity index (χ1n) is 7.03. The van der Waals surface area contributed by atoms with Crippen molar-refractivity contribution in [1.29, 1.82) is 0 Å². The van der Waals surface area contributed by atoms with E-state index in [9.17, 15) is 14.4 Å². The fraction of sp³-hybridized carbons (Fsp3) is 0.769. The summed E-state index contributed by atoms with van der Waals surface area (Å²) in [6.07, 6.45) is 1.28. The fourth-order valence-electron chi connectivity index (χ4n) is 2.24. The Morgan fingerprint density at radius 1 is 1.30 bits per heavy atom. The van der Waals surface area contributed by atoms with Gasteiger partial charge in [0, 0.05) is 25.9 Å². The molecule has 7 nitrogen and oxygen atoms in total. The molecule has 20 heavy (non-hydrogen) atoms. The van der Waals surface area contributed by atoms with Crippen LogP contribution < -0.4 is 10.6 Å². The fourth-order valence-corrected chi connectivity index (χ4v) is 2.24. The molecule has 1 atom stereocenters. The topological polar surface area (TPSA) is 98.7 Å². The lowest BCUT2D eigenvalue weighted by atomic mass is 10.1. The Kier molecular flexibility index (Phi) is 7.00. The third-order valence-corrected chi connectivity index (χ3v) is 3.42. The molecule has 1 heterocycles. The number of imide groups is 1. The van der Waals surface area contributed by atoms with Crippen molar-refractivity contribution in [2.75, 3.05) is 26.2 Å². The first kappa shape index (κ1) is 16.4. The number of amides is 3. The number of carboxylic acids is 1. The van der Waals surface area contributed by atoms with Gasteiger partial charge in [-0.15, -0.1) is 0 Å². The van der Waals surface area contributed by atoms with Crippen molar-refractivity contribution in [3.63, 3.8) is 0 Å². The summed E-state index contributed by atoms with van der Waals surface area (Å²) in [5, 5.41) is 13.3. The Labute approximate surface area is 118 Å². The minimum atomic E-state index is -0.941. The molecule has 1 rings (SSSR count). The molecular weight excluding hydrogens is 262 g/mol. The number of nitrogens with one attached hydrogen (secondary N) is 2. The van der Waals surface area contributed by atoms with Crippen LogP contribution in [0.25, 0.3) is 0 Å². The van der Waals surface area contributed by atoms with Gasteiger partial charge in [-0.05, 0) is 31.8 Å². The van der Waals surface area contributed by atoms with Gasteiger partial charge in [0.2, 0.25) is 5.91 Å². The number of carbonyl (C=O) groups is 3. The summed E-state index contributed by atoms with van der Waals surface area (Å²) in [5.74, 6) is -0.947. The van der Waals surface area contributed by atoms with Crippen LogP contribution in [0.4, 0.5) is 4.79 Å². The van der Waals surface area contributed by atoms with Crippen LogP contribution in [-0.4, -0.2) is 54.1 Å². The molecule has 1 fully saturated rings. The summed E-state index contributed by atoms with van der Waals surface area (Å²) in [6, 6.07) is -0.500. The van der Waals surface area contributed by atoms with Gasteiger partial charge in [-0.1, -0.05) is 6.92 Å². The number of carboxylic acid groups (broad SMARTS) is 1. The number of carbonyl (C=O) groups excluding carboxylic acids is 2. The molecule has 0 aromatic carbocycles. The molecule has 0 bridgehead atoms. The predicted molar refractivity (Wildman–Crippen MR) is 73.2 cm³/mol. The Morgan fingerprint density at radius 3 is 2.65 bits per heavy atom. The lowest BCUT2D eigenvalue weighted by Crippen LogP contribution is -2.41. The Balaban J connectivity index is 2.11. The van der Waals surface area contributed by atoms with Crippen molar-refractivity contribution < 1.29 is 19.5 Å². The zero-order valence-electron chi connectivity index (χ0n) is 11.9. The van der Waals surface area contributed by atoms with E-state index in [0.717, 1.165) is 26.1 Å². The molecule has 0 aliphatic carbocycles. The predicted octanol–water partition coefficient (Wildman–Crippen LogP) is 0.409. The van der Waals surface area contributed by atoms with E-state index >= 15 is 0 Å². The molecule has 3 N–H and O–H groups in total. The van der Waals surface area contributed by atoms with Gasteiger partial charge in [0.05, 0.1) is 0 Å². The third kappa shape index (κ3) is 6.51. The molecular formula is C13H23N3O4. The monoisotopic (exact) mass is 285 g/mol. The van der Waals surface area contributed by atoms with Crippen LogP contribution in [0.1, 0.15) is 32.6 Å². The maximum absolute atomic E-state index is 11.5. The van der Waals surface area contributed by atoms with Gasteiger partial charge < -0.3 is 15.3 Å². The van der Waals surface area contributed by atoms with E-state index in [1.807, 2.05) is 0 Å². The zero-order valence-corrected chi connectivity index (χ0v) is 11.9. The summed E-state index contributed by atoms with van der Waals surface area (Å²) in [7, 11) is 0. The second-order valence-corrected chi connectivity index (χ2v) is 5.05. The van der Waals surface area contributed by atoms with Gasteiger partial charge in [-0.25, -0.2) is 4.79 Å². The van der Waals surface area contributed by atoms with Crippen LogP contribution in [-0.2, 0) is 9.59 Å². The molecule has 1 saturated heterocycles. The third-order valence-electron chi connectivity index (χ3n) is 3.42. The Bertz CT molecular complexity index is 360. The summed E-state index contributed by atoms with van der Waals surface area (Å²) in [6.45, 7) is 5.72. The lowest BCUT2D eigenvalue weighted by molar-refractivity contribution is -0.137. The average molecular weight is 285 g/mol. The normalized spacial score (nSPS) is 18.8. The summed E-state index contributed by atoms with van der Waals surface area (Å²) in [5.41, 5.74) is 0. The molecule has 0 spiro atoms. The molecule has 1 aliphatic heterocycles. The molecule has 0 aromatic rings. The first-order valence-corrected chi connectivity index (χ1v) is 7.03. The maximum Gasteiger partial charge on any atom is 0.321 e. The van der Waals surface area contributed by atoms with E-state index in [4.69, 9.17) is 5.11 Å². The van der Waals surface area contributed by atoms with Gasteiger partial charge in [0.15, 0.2) is 0 Å². The van der Waals surface area contributed by atoms with Crippen molar-refractivity contribution in [3.05, 3.63) is 0 Å². The molecule has 0 radical (unpaired) electrons. The highest BCUT2D eigenvalue weighted by atomic mass is 16.4. The summed E-state index contributed by atoms with van der Waals surface area (Å²) < 4.78 is 0. The lowest BCUT2D eigenvalue weighted by Gasteiger charge is -2.13. The van der Waals surface area contributed by atoms with E-state index in [2.05, 4.69) is 22.5 Å². The average Bonchev–Trinajstić information content (AvgIpc) is 2.83. The number of nitrogens with zero attached hydrogens (tertiary/aromatic N) is 1. The van der Waals surface area contributed by atoms with Crippen LogP contribution in [0, 0.1) is 5.92 Å². The number of hydrogen-bond acceptors (Lipinski definition) is 4. The maximum atomic E-state index is 11.5. The summed E-state index contributed by atoms with van der Waals surface area (Å²) >= 11 is 0. The van der Waals surface area contributed by atoms with Crippen LogP contribution in [0.2, 0.25) is 0 Å².